The highest BCUT2D eigenvalue weighted by Gasteiger charge is 2.25. The number of rotatable bonds is 7. The molecular formula is C15H21ClFNO3S. The van der Waals surface area contributed by atoms with Crippen LogP contribution in [0.2, 0.25) is 5.02 Å². The van der Waals surface area contributed by atoms with Crippen molar-refractivity contribution >= 4 is 22.5 Å². The fourth-order valence-corrected chi connectivity index (χ4v) is 3.42. The van der Waals surface area contributed by atoms with E-state index >= 15 is 0 Å². The minimum Gasteiger partial charge on any atom is -0.493 e. The molecule has 0 heterocycles. The van der Waals surface area contributed by atoms with E-state index in [1.54, 1.807) is 6.07 Å². The summed E-state index contributed by atoms with van der Waals surface area (Å²) in [6.07, 6.45) is 5.28. The van der Waals surface area contributed by atoms with Crippen LogP contribution in [0.3, 0.4) is 0 Å². The molecule has 7 heteroatoms. The number of halogens is 2. The molecule has 2 atom stereocenters. The van der Waals surface area contributed by atoms with Gasteiger partial charge in [-0.15, -0.1) is 0 Å². The summed E-state index contributed by atoms with van der Waals surface area (Å²) < 4.78 is 42.6. The maximum absolute atomic E-state index is 13.4. The molecule has 0 saturated heterocycles. The van der Waals surface area contributed by atoms with Crippen LogP contribution in [0, 0.1) is 17.7 Å². The third-order valence-corrected chi connectivity index (χ3v) is 4.97. The monoisotopic (exact) mass is 349 g/mol. The minimum absolute atomic E-state index is 0.0840. The predicted molar refractivity (Wildman–Crippen MR) is 85.3 cm³/mol. The molecule has 22 heavy (non-hydrogen) atoms. The second kappa shape index (κ2) is 8.70. The Balaban J connectivity index is 1.86. The van der Waals surface area contributed by atoms with Crippen molar-refractivity contribution in [3.63, 3.8) is 0 Å². The van der Waals surface area contributed by atoms with Gasteiger partial charge < -0.3 is 4.74 Å². The molecule has 124 valence electrons. The van der Waals surface area contributed by atoms with E-state index in [1.165, 1.54) is 18.6 Å². The van der Waals surface area contributed by atoms with E-state index in [-0.39, 0.29) is 5.02 Å². The Hall–Kier alpha value is -0.850. The first-order valence-electron chi connectivity index (χ1n) is 7.52. The zero-order valence-electron chi connectivity index (χ0n) is 12.3. The van der Waals surface area contributed by atoms with Crippen LogP contribution < -0.4 is 9.46 Å². The van der Waals surface area contributed by atoms with Crippen molar-refractivity contribution in [2.45, 2.75) is 32.1 Å². The molecule has 2 unspecified atom stereocenters. The van der Waals surface area contributed by atoms with Crippen LogP contribution in [-0.2, 0) is 10.9 Å². The highest BCUT2D eigenvalue weighted by molar-refractivity contribution is 7.70. The Bertz CT molecular complexity index is 560. The van der Waals surface area contributed by atoms with Crippen molar-refractivity contribution in [3.8, 4) is 5.75 Å². The molecule has 0 aliphatic heterocycles. The molecule has 1 aliphatic rings. The number of hydrogen-bond acceptors (Lipinski definition) is 3. The largest absolute Gasteiger partial charge is 0.493 e. The van der Waals surface area contributed by atoms with Crippen LogP contribution in [-0.4, -0.2) is 21.6 Å². The van der Waals surface area contributed by atoms with Crippen molar-refractivity contribution in [2.24, 2.45) is 11.8 Å². The molecule has 1 aromatic carbocycles. The van der Waals surface area contributed by atoms with Crippen molar-refractivity contribution in [1.29, 1.82) is 0 Å². The fourth-order valence-electron chi connectivity index (χ4n) is 3.00. The topological polar surface area (TPSA) is 55.4 Å². The lowest BCUT2D eigenvalue weighted by Crippen LogP contribution is -2.28. The van der Waals surface area contributed by atoms with Gasteiger partial charge in [0, 0.05) is 12.6 Å². The van der Waals surface area contributed by atoms with Crippen LogP contribution in [0.25, 0.3) is 0 Å². The van der Waals surface area contributed by atoms with Crippen LogP contribution in [0.15, 0.2) is 18.2 Å². The number of benzene rings is 1. The van der Waals surface area contributed by atoms with Gasteiger partial charge in [-0.3, -0.25) is 0 Å². The lowest BCUT2D eigenvalue weighted by molar-refractivity contribution is 0.143. The first-order valence-corrected chi connectivity index (χ1v) is 9.07. The molecule has 0 aromatic heterocycles. The Labute approximate surface area is 137 Å². The summed E-state index contributed by atoms with van der Waals surface area (Å²) in [6.45, 7) is 0.991. The smallest absolute Gasteiger partial charge is 0.201 e. The van der Waals surface area contributed by atoms with Gasteiger partial charge in [-0.1, -0.05) is 30.9 Å². The first-order chi connectivity index (χ1) is 10.6. The number of hydrogen-bond donors (Lipinski definition) is 2. The molecule has 2 rings (SSSR count). The van der Waals surface area contributed by atoms with Gasteiger partial charge in [0.15, 0.2) is 0 Å². The zero-order valence-corrected chi connectivity index (χ0v) is 13.9. The summed E-state index contributed by atoms with van der Waals surface area (Å²) in [7, 11) is -2.53. The number of ether oxygens (including phenoxy) is 1. The van der Waals surface area contributed by atoms with Gasteiger partial charge in [0.25, 0.3) is 0 Å². The van der Waals surface area contributed by atoms with Gasteiger partial charge >= 0.3 is 0 Å². The van der Waals surface area contributed by atoms with Gasteiger partial charge in [0.2, 0.25) is 10.9 Å². The van der Waals surface area contributed by atoms with Gasteiger partial charge in [0.05, 0.1) is 11.6 Å². The molecule has 1 aromatic rings. The van der Waals surface area contributed by atoms with Crippen LogP contribution >= 0.6 is 11.6 Å². The molecule has 1 saturated carbocycles. The van der Waals surface area contributed by atoms with Crippen molar-refractivity contribution in [2.75, 3.05) is 13.2 Å². The maximum Gasteiger partial charge on any atom is 0.201 e. The quantitative estimate of drug-likeness (QED) is 0.743. The maximum atomic E-state index is 13.4. The molecule has 0 spiro atoms. The van der Waals surface area contributed by atoms with Crippen LogP contribution in [0.5, 0.6) is 5.75 Å². The van der Waals surface area contributed by atoms with Crippen molar-refractivity contribution < 1.29 is 17.5 Å². The van der Waals surface area contributed by atoms with E-state index < -0.39 is 16.7 Å². The average Bonchev–Trinajstić information content (AvgIpc) is 2.49. The molecule has 0 amide bonds. The number of nitrogens with one attached hydrogen (secondary N) is 1. The molecule has 4 nitrogen and oxygen atoms in total. The van der Waals surface area contributed by atoms with E-state index in [0.717, 1.165) is 25.7 Å². The van der Waals surface area contributed by atoms with Crippen molar-refractivity contribution in [3.05, 3.63) is 29.0 Å². The first kappa shape index (κ1) is 17.5. The standard InChI is InChI=1S/C15H21ClFNO3S/c16-14-6-5-13(9-15(14)17)21-10-12-4-2-1-3-11(12)7-8-18-22(19)20/h5-6,9,11-12,22H,1-4,7-8,10H2,(H,18,19,20). The second-order valence-corrected chi connectivity index (χ2v) is 6.88. The van der Waals surface area contributed by atoms with E-state index in [9.17, 15) is 12.8 Å². The Kier molecular flexibility index (Phi) is 6.92. The second-order valence-electron chi connectivity index (χ2n) is 5.65. The Morgan fingerprint density at radius 3 is 2.68 bits per heavy atom. The summed E-state index contributed by atoms with van der Waals surface area (Å²) >= 11 is 5.65. The van der Waals surface area contributed by atoms with Gasteiger partial charge in [-0.2, -0.15) is 0 Å². The van der Waals surface area contributed by atoms with Gasteiger partial charge in [0.1, 0.15) is 11.6 Å². The lowest BCUT2D eigenvalue weighted by atomic mass is 9.78. The van der Waals surface area contributed by atoms with E-state index in [4.69, 9.17) is 16.3 Å². The average molecular weight is 350 g/mol. The van der Waals surface area contributed by atoms with Crippen LogP contribution in [0.4, 0.5) is 4.39 Å². The third kappa shape index (κ3) is 5.41. The summed E-state index contributed by atoms with van der Waals surface area (Å²) in [5.74, 6) is 0.807. The highest BCUT2D eigenvalue weighted by atomic mass is 35.5. The van der Waals surface area contributed by atoms with E-state index in [0.29, 0.717) is 30.7 Å². The van der Waals surface area contributed by atoms with Gasteiger partial charge in [-0.25, -0.2) is 17.5 Å². The lowest BCUT2D eigenvalue weighted by Gasteiger charge is -2.31. The molecule has 1 fully saturated rings. The minimum atomic E-state index is -2.53. The summed E-state index contributed by atoms with van der Waals surface area (Å²) in [5.41, 5.74) is 0. The highest BCUT2D eigenvalue weighted by Crippen LogP contribution is 2.33. The van der Waals surface area contributed by atoms with E-state index in [1.807, 2.05) is 0 Å². The molecule has 0 bridgehead atoms. The Morgan fingerprint density at radius 2 is 2.00 bits per heavy atom. The van der Waals surface area contributed by atoms with Crippen LogP contribution in [0.1, 0.15) is 32.1 Å². The summed E-state index contributed by atoms with van der Waals surface area (Å²) in [5, 5.41) is 0.0840. The Morgan fingerprint density at radius 1 is 1.27 bits per heavy atom. The normalized spacial score (nSPS) is 22.0. The predicted octanol–water partition coefficient (Wildman–Crippen LogP) is 3.17. The van der Waals surface area contributed by atoms with E-state index in [2.05, 4.69) is 4.72 Å². The summed E-state index contributed by atoms with van der Waals surface area (Å²) in [4.78, 5) is 0. The fraction of sp³-hybridized carbons (Fsp3) is 0.600. The van der Waals surface area contributed by atoms with Gasteiger partial charge in [-0.05, 0) is 36.8 Å². The molecule has 1 N–H and O–H groups in total. The molecular weight excluding hydrogens is 329 g/mol. The molecule has 0 radical (unpaired) electrons. The zero-order chi connectivity index (χ0) is 15.9. The molecule has 1 aliphatic carbocycles. The summed E-state index contributed by atoms with van der Waals surface area (Å²) in [6, 6.07) is 4.44. The SMILES string of the molecule is O=[SH](=O)NCCC1CCCCC1COc1ccc(Cl)c(F)c1. The third-order valence-electron chi connectivity index (χ3n) is 4.18. The number of thiol groups is 1. The van der Waals surface area contributed by atoms with Crippen molar-refractivity contribution in [1.82, 2.24) is 4.72 Å².